The molecule has 1 aromatic rings. The Morgan fingerprint density at radius 3 is 2.48 bits per heavy atom. The molecule has 0 aliphatic carbocycles. The first kappa shape index (κ1) is 14.7. The van der Waals surface area contributed by atoms with Crippen molar-refractivity contribution in [2.24, 2.45) is 5.10 Å². The number of carbonyl (C=O) groups is 3. The third-order valence-electron chi connectivity index (χ3n) is 3.43. The van der Waals surface area contributed by atoms with Crippen LogP contribution in [0.2, 0.25) is 0 Å². The average Bonchev–Trinajstić information content (AvgIpc) is 2.68. The fraction of sp³-hybridized carbons (Fsp3) is 0.286. The number of nitrogens with zero attached hydrogens (tertiary/aromatic N) is 2. The number of carboxylic acids is 1. The van der Waals surface area contributed by atoms with Gasteiger partial charge >= 0.3 is 12.0 Å². The fourth-order valence-corrected chi connectivity index (χ4v) is 1.85. The molecule has 7 heteroatoms. The largest absolute Gasteiger partial charge is 0.478 e. The highest BCUT2D eigenvalue weighted by molar-refractivity contribution is 6.07. The average molecular weight is 289 g/mol. The highest BCUT2D eigenvalue weighted by atomic mass is 16.4. The summed E-state index contributed by atoms with van der Waals surface area (Å²) in [6.07, 6.45) is 1.81. The molecule has 110 valence electrons. The van der Waals surface area contributed by atoms with E-state index in [1.165, 1.54) is 18.3 Å². The van der Waals surface area contributed by atoms with E-state index in [0.29, 0.717) is 12.0 Å². The van der Waals surface area contributed by atoms with E-state index in [1.807, 2.05) is 0 Å². The smallest absolute Gasteiger partial charge is 0.346 e. The highest BCUT2D eigenvalue weighted by Gasteiger charge is 2.46. The summed E-state index contributed by atoms with van der Waals surface area (Å²) in [4.78, 5) is 34.5. The Hall–Kier alpha value is -2.70. The molecule has 0 aromatic heterocycles. The Bertz CT molecular complexity index is 624. The number of rotatable bonds is 4. The van der Waals surface area contributed by atoms with Gasteiger partial charge in [-0.15, -0.1) is 5.01 Å². The first-order valence-corrected chi connectivity index (χ1v) is 6.41. The number of urea groups is 1. The summed E-state index contributed by atoms with van der Waals surface area (Å²) in [5, 5.41) is 16.0. The van der Waals surface area contributed by atoms with Gasteiger partial charge in [-0.2, -0.15) is 5.10 Å². The van der Waals surface area contributed by atoms with Crippen molar-refractivity contribution >= 4 is 24.1 Å². The number of benzene rings is 1. The van der Waals surface area contributed by atoms with E-state index >= 15 is 0 Å². The molecule has 2 rings (SSSR count). The molecule has 2 N–H and O–H groups in total. The number of carboxylic acid groups (broad SMARTS) is 1. The van der Waals surface area contributed by atoms with Gasteiger partial charge in [-0.3, -0.25) is 4.79 Å². The summed E-state index contributed by atoms with van der Waals surface area (Å²) < 4.78 is 0. The van der Waals surface area contributed by atoms with Crippen molar-refractivity contribution in [2.45, 2.75) is 25.8 Å². The van der Waals surface area contributed by atoms with Crippen molar-refractivity contribution in [1.82, 2.24) is 10.3 Å². The predicted molar refractivity (Wildman–Crippen MR) is 75.1 cm³/mol. The Labute approximate surface area is 121 Å². The van der Waals surface area contributed by atoms with Crippen LogP contribution in [0, 0.1) is 0 Å². The number of aromatic carboxylic acids is 1. The molecule has 0 saturated carbocycles. The highest BCUT2D eigenvalue weighted by Crippen LogP contribution is 2.20. The maximum Gasteiger partial charge on any atom is 0.346 e. The molecule has 0 spiro atoms. The lowest BCUT2D eigenvalue weighted by Gasteiger charge is -2.17. The molecule has 7 nitrogen and oxygen atoms in total. The minimum Gasteiger partial charge on any atom is -0.478 e. The summed E-state index contributed by atoms with van der Waals surface area (Å²) in [6, 6.07) is 5.37. The first-order valence-electron chi connectivity index (χ1n) is 6.41. The maximum atomic E-state index is 12.1. The van der Waals surface area contributed by atoms with E-state index in [4.69, 9.17) is 5.11 Å². The quantitative estimate of drug-likeness (QED) is 0.647. The van der Waals surface area contributed by atoms with Crippen LogP contribution in [0.25, 0.3) is 0 Å². The summed E-state index contributed by atoms with van der Waals surface area (Å²) in [6.45, 7) is 3.44. The molecule has 1 unspecified atom stereocenters. The van der Waals surface area contributed by atoms with Gasteiger partial charge in [0.15, 0.2) is 0 Å². The van der Waals surface area contributed by atoms with Gasteiger partial charge in [0.05, 0.1) is 11.8 Å². The molecule has 1 aromatic carbocycles. The first-order chi connectivity index (χ1) is 9.87. The van der Waals surface area contributed by atoms with Crippen molar-refractivity contribution in [3.8, 4) is 0 Å². The van der Waals surface area contributed by atoms with Crippen LogP contribution in [-0.4, -0.2) is 39.8 Å². The summed E-state index contributed by atoms with van der Waals surface area (Å²) in [7, 11) is 0. The SMILES string of the molecule is CCC1(C)NC(=O)N(/N=C/c2ccc(C(=O)O)cc2)C1=O. The van der Waals surface area contributed by atoms with Gasteiger partial charge in [0.25, 0.3) is 5.91 Å². The van der Waals surface area contributed by atoms with Gasteiger partial charge in [-0.1, -0.05) is 19.1 Å². The van der Waals surface area contributed by atoms with Crippen LogP contribution in [0.5, 0.6) is 0 Å². The number of hydrogen-bond donors (Lipinski definition) is 2. The van der Waals surface area contributed by atoms with Crippen LogP contribution in [0.3, 0.4) is 0 Å². The van der Waals surface area contributed by atoms with Crippen molar-refractivity contribution < 1.29 is 19.5 Å². The number of imide groups is 1. The molecule has 1 aliphatic heterocycles. The maximum absolute atomic E-state index is 12.1. The zero-order valence-corrected chi connectivity index (χ0v) is 11.7. The number of carbonyl (C=O) groups excluding carboxylic acids is 2. The van der Waals surface area contributed by atoms with Gasteiger partial charge in [0.2, 0.25) is 0 Å². The predicted octanol–water partition coefficient (Wildman–Crippen LogP) is 1.44. The number of amides is 3. The molecule has 1 saturated heterocycles. The van der Waals surface area contributed by atoms with Crippen LogP contribution in [0.4, 0.5) is 4.79 Å². The Balaban J connectivity index is 2.16. The van der Waals surface area contributed by atoms with Gasteiger partial charge in [0.1, 0.15) is 5.54 Å². The number of hydrogen-bond acceptors (Lipinski definition) is 4. The van der Waals surface area contributed by atoms with Crippen molar-refractivity contribution in [2.75, 3.05) is 0 Å². The topological polar surface area (TPSA) is 99.1 Å². The summed E-state index contributed by atoms with van der Waals surface area (Å²) >= 11 is 0. The lowest BCUT2D eigenvalue weighted by atomic mass is 10.00. The van der Waals surface area contributed by atoms with Gasteiger partial charge in [0, 0.05) is 0 Å². The monoisotopic (exact) mass is 289 g/mol. The lowest BCUT2D eigenvalue weighted by molar-refractivity contribution is -0.130. The second-order valence-corrected chi connectivity index (χ2v) is 4.90. The van der Waals surface area contributed by atoms with Crippen molar-refractivity contribution in [3.63, 3.8) is 0 Å². The second kappa shape index (κ2) is 5.35. The van der Waals surface area contributed by atoms with Crippen LogP contribution in [0.15, 0.2) is 29.4 Å². The normalized spacial score (nSPS) is 21.9. The standard InChI is InChI=1S/C14H15N3O4/c1-3-14(2)12(20)17(13(21)16-14)15-8-9-4-6-10(7-5-9)11(18)19/h4-8H,3H2,1-2H3,(H,16,21)(H,18,19)/b15-8+. The zero-order chi connectivity index (χ0) is 15.6. The van der Waals surface area contributed by atoms with E-state index in [2.05, 4.69) is 10.4 Å². The Morgan fingerprint density at radius 2 is 2.00 bits per heavy atom. The molecule has 0 bridgehead atoms. The van der Waals surface area contributed by atoms with Crippen molar-refractivity contribution in [1.29, 1.82) is 0 Å². The van der Waals surface area contributed by atoms with Gasteiger partial charge < -0.3 is 10.4 Å². The Kier molecular flexibility index (Phi) is 3.75. The molecule has 1 atom stereocenters. The van der Waals surface area contributed by atoms with Gasteiger partial charge in [-0.25, -0.2) is 9.59 Å². The summed E-state index contributed by atoms with van der Waals surface area (Å²) in [5.41, 5.74) is -0.187. The molecule has 1 heterocycles. The van der Waals surface area contributed by atoms with Crippen molar-refractivity contribution in [3.05, 3.63) is 35.4 Å². The third-order valence-corrected chi connectivity index (χ3v) is 3.43. The molecular formula is C14H15N3O4. The third kappa shape index (κ3) is 2.76. The molecule has 1 fully saturated rings. The minimum atomic E-state index is -1.02. The van der Waals surface area contributed by atoms with E-state index in [9.17, 15) is 14.4 Å². The molecule has 0 radical (unpaired) electrons. The van der Waals surface area contributed by atoms with E-state index in [-0.39, 0.29) is 5.56 Å². The van der Waals surface area contributed by atoms with E-state index in [1.54, 1.807) is 26.0 Å². The summed E-state index contributed by atoms with van der Waals surface area (Å²) in [5.74, 6) is -1.43. The lowest BCUT2D eigenvalue weighted by Crippen LogP contribution is -2.42. The fourth-order valence-electron chi connectivity index (χ4n) is 1.85. The van der Waals surface area contributed by atoms with Crippen LogP contribution in [-0.2, 0) is 4.79 Å². The molecule has 3 amide bonds. The van der Waals surface area contributed by atoms with Crippen LogP contribution < -0.4 is 5.32 Å². The van der Waals surface area contributed by atoms with Crippen LogP contribution >= 0.6 is 0 Å². The van der Waals surface area contributed by atoms with E-state index < -0.39 is 23.4 Å². The minimum absolute atomic E-state index is 0.153. The number of nitrogens with one attached hydrogen (secondary N) is 1. The molecule has 21 heavy (non-hydrogen) atoms. The molecular weight excluding hydrogens is 274 g/mol. The molecule has 1 aliphatic rings. The van der Waals surface area contributed by atoms with Gasteiger partial charge in [-0.05, 0) is 31.0 Å². The van der Waals surface area contributed by atoms with E-state index in [0.717, 1.165) is 5.01 Å². The second-order valence-electron chi connectivity index (χ2n) is 4.90. The number of hydrazone groups is 1. The van der Waals surface area contributed by atoms with Crippen LogP contribution in [0.1, 0.15) is 36.2 Å². The zero-order valence-electron chi connectivity index (χ0n) is 11.7. The Morgan fingerprint density at radius 1 is 1.38 bits per heavy atom.